The first-order chi connectivity index (χ1) is 11.7. The number of benzene rings is 1. The minimum atomic E-state index is 0.115. The number of hydrogen-bond donors (Lipinski definition) is 1. The number of likely N-dealkylation sites (tertiary alicyclic amines) is 1. The minimum absolute atomic E-state index is 0.115. The number of aryl methyl sites for hydroxylation is 1. The summed E-state index contributed by atoms with van der Waals surface area (Å²) in [5, 5.41) is 3.30. The van der Waals surface area contributed by atoms with Crippen molar-refractivity contribution < 1.29 is 4.79 Å². The third-order valence-corrected chi connectivity index (χ3v) is 6.58. The number of carbonyl (C=O) groups is 1. The van der Waals surface area contributed by atoms with Gasteiger partial charge in [-0.15, -0.1) is 0 Å². The van der Waals surface area contributed by atoms with Gasteiger partial charge in [-0.1, -0.05) is 37.6 Å². The number of piperidine rings is 1. The van der Waals surface area contributed by atoms with E-state index < -0.39 is 0 Å². The Morgan fingerprint density at radius 1 is 1.33 bits per heavy atom. The van der Waals surface area contributed by atoms with Gasteiger partial charge in [0.25, 0.3) is 0 Å². The second-order valence-corrected chi connectivity index (χ2v) is 8.01. The fourth-order valence-corrected chi connectivity index (χ4v) is 5.19. The van der Waals surface area contributed by atoms with Crippen LogP contribution in [0.25, 0.3) is 0 Å². The van der Waals surface area contributed by atoms with Crippen molar-refractivity contribution >= 4 is 5.91 Å². The van der Waals surface area contributed by atoms with Crippen molar-refractivity contribution in [1.29, 1.82) is 0 Å². The van der Waals surface area contributed by atoms with E-state index in [-0.39, 0.29) is 11.9 Å². The summed E-state index contributed by atoms with van der Waals surface area (Å²) < 4.78 is 0. The summed E-state index contributed by atoms with van der Waals surface area (Å²) in [6.45, 7) is 5.21. The highest BCUT2D eigenvalue weighted by Crippen LogP contribution is 2.61. The molecule has 0 bridgehead atoms. The molecule has 1 spiro atoms. The van der Waals surface area contributed by atoms with Crippen LogP contribution in [0.1, 0.15) is 56.6 Å². The molecule has 0 radical (unpaired) electrons. The molecule has 0 aromatic heterocycles. The maximum Gasteiger partial charge on any atom is 0.237 e. The Labute approximate surface area is 145 Å². The van der Waals surface area contributed by atoms with E-state index >= 15 is 0 Å². The lowest BCUT2D eigenvalue weighted by Crippen LogP contribution is -2.50. The van der Waals surface area contributed by atoms with Crippen LogP contribution in [0.15, 0.2) is 24.3 Å². The van der Waals surface area contributed by atoms with E-state index in [0.717, 1.165) is 32.5 Å². The molecule has 1 amide bonds. The fraction of sp³-hybridized carbons (Fsp3) is 0.667. The zero-order valence-corrected chi connectivity index (χ0v) is 14.9. The van der Waals surface area contributed by atoms with Crippen molar-refractivity contribution in [3.63, 3.8) is 0 Å². The molecule has 2 fully saturated rings. The quantitative estimate of drug-likeness (QED) is 0.901. The van der Waals surface area contributed by atoms with Crippen LogP contribution in [0.2, 0.25) is 0 Å². The van der Waals surface area contributed by atoms with Crippen molar-refractivity contribution in [2.24, 2.45) is 5.92 Å². The number of amides is 1. The van der Waals surface area contributed by atoms with E-state index in [9.17, 15) is 4.79 Å². The molecule has 3 heteroatoms. The Bertz CT molecular complexity index is 612. The van der Waals surface area contributed by atoms with Gasteiger partial charge in [-0.3, -0.25) is 9.69 Å². The maximum absolute atomic E-state index is 12.7. The highest BCUT2D eigenvalue weighted by atomic mass is 16.2. The van der Waals surface area contributed by atoms with Crippen LogP contribution in [0, 0.1) is 5.92 Å². The summed E-state index contributed by atoms with van der Waals surface area (Å²) in [6.07, 6.45) is 8.35. The zero-order chi connectivity index (χ0) is 16.6. The standard InChI is InChI=1S/C21H30N2O/c1-2-12-23-13-6-5-9-19(23)20(24)22-15-17-14-21(17)11-10-16-7-3-4-8-18(16)21/h3-4,7-8,17,19H,2,5-6,9-15H2,1H3,(H,22,24)/t17-,19+,21+/m0/s1. The Hall–Kier alpha value is -1.35. The van der Waals surface area contributed by atoms with Crippen molar-refractivity contribution in [2.75, 3.05) is 19.6 Å². The van der Waals surface area contributed by atoms with Crippen molar-refractivity contribution in [1.82, 2.24) is 10.2 Å². The molecular formula is C21H30N2O. The van der Waals surface area contributed by atoms with Gasteiger partial charge >= 0.3 is 0 Å². The summed E-state index contributed by atoms with van der Waals surface area (Å²) in [6, 6.07) is 9.04. The number of nitrogens with zero attached hydrogens (tertiary/aromatic N) is 1. The van der Waals surface area contributed by atoms with Gasteiger partial charge in [0.1, 0.15) is 0 Å². The summed E-state index contributed by atoms with van der Waals surface area (Å²) in [4.78, 5) is 15.1. The van der Waals surface area contributed by atoms with E-state index in [1.54, 1.807) is 5.56 Å². The van der Waals surface area contributed by atoms with E-state index in [1.165, 1.54) is 37.7 Å². The molecule has 1 aliphatic heterocycles. The van der Waals surface area contributed by atoms with Crippen LogP contribution in [0.3, 0.4) is 0 Å². The van der Waals surface area contributed by atoms with Crippen molar-refractivity contribution in [3.05, 3.63) is 35.4 Å². The Morgan fingerprint density at radius 2 is 2.21 bits per heavy atom. The number of carbonyl (C=O) groups excluding carboxylic acids is 1. The molecule has 24 heavy (non-hydrogen) atoms. The van der Waals surface area contributed by atoms with Crippen molar-refractivity contribution in [2.45, 2.75) is 63.3 Å². The molecule has 4 rings (SSSR count). The van der Waals surface area contributed by atoms with Crippen LogP contribution in [-0.2, 0) is 16.6 Å². The molecule has 3 nitrogen and oxygen atoms in total. The molecule has 1 aromatic carbocycles. The smallest absolute Gasteiger partial charge is 0.237 e. The lowest BCUT2D eigenvalue weighted by molar-refractivity contribution is -0.127. The van der Waals surface area contributed by atoms with Crippen LogP contribution in [0.5, 0.6) is 0 Å². The first-order valence-corrected chi connectivity index (χ1v) is 9.85. The van der Waals surface area contributed by atoms with Gasteiger partial charge in [0, 0.05) is 12.0 Å². The van der Waals surface area contributed by atoms with Gasteiger partial charge in [-0.05, 0) is 68.7 Å². The summed E-state index contributed by atoms with van der Waals surface area (Å²) >= 11 is 0. The Morgan fingerprint density at radius 3 is 3.08 bits per heavy atom. The lowest BCUT2D eigenvalue weighted by atomic mass is 9.95. The molecule has 1 saturated heterocycles. The molecule has 1 aromatic rings. The minimum Gasteiger partial charge on any atom is -0.354 e. The van der Waals surface area contributed by atoms with Crippen LogP contribution in [0.4, 0.5) is 0 Å². The van der Waals surface area contributed by atoms with Crippen LogP contribution < -0.4 is 5.32 Å². The monoisotopic (exact) mass is 326 g/mol. The van der Waals surface area contributed by atoms with E-state index in [0.29, 0.717) is 11.3 Å². The first-order valence-electron chi connectivity index (χ1n) is 9.85. The second-order valence-electron chi connectivity index (χ2n) is 8.01. The summed E-state index contributed by atoms with van der Waals surface area (Å²) in [5.41, 5.74) is 3.49. The summed E-state index contributed by atoms with van der Waals surface area (Å²) in [7, 11) is 0. The molecule has 2 aliphatic carbocycles. The Kier molecular flexibility index (Phi) is 4.38. The van der Waals surface area contributed by atoms with Gasteiger partial charge in [0.15, 0.2) is 0 Å². The average molecular weight is 326 g/mol. The van der Waals surface area contributed by atoms with Gasteiger partial charge in [-0.2, -0.15) is 0 Å². The SMILES string of the molecule is CCCN1CCCC[C@@H]1C(=O)NC[C@@H]1C[C@]12CCc1ccccc12. The van der Waals surface area contributed by atoms with Gasteiger partial charge in [0.2, 0.25) is 5.91 Å². The lowest BCUT2D eigenvalue weighted by Gasteiger charge is -2.34. The Balaban J connectivity index is 1.34. The molecule has 0 unspecified atom stereocenters. The molecule has 1 N–H and O–H groups in total. The molecule has 1 heterocycles. The maximum atomic E-state index is 12.7. The van der Waals surface area contributed by atoms with Crippen LogP contribution >= 0.6 is 0 Å². The highest BCUT2D eigenvalue weighted by Gasteiger charge is 2.57. The third-order valence-electron chi connectivity index (χ3n) is 6.58. The zero-order valence-electron chi connectivity index (χ0n) is 14.9. The molecule has 130 valence electrons. The highest BCUT2D eigenvalue weighted by molar-refractivity contribution is 5.81. The third kappa shape index (κ3) is 2.77. The predicted molar refractivity (Wildman–Crippen MR) is 97.1 cm³/mol. The van der Waals surface area contributed by atoms with Gasteiger partial charge in [-0.25, -0.2) is 0 Å². The molecule has 3 aliphatic rings. The number of rotatable bonds is 5. The topological polar surface area (TPSA) is 32.3 Å². The number of hydrogen-bond acceptors (Lipinski definition) is 2. The summed E-state index contributed by atoms with van der Waals surface area (Å²) in [5.74, 6) is 0.921. The fourth-order valence-electron chi connectivity index (χ4n) is 5.19. The van der Waals surface area contributed by atoms with E-state index in [2.05, 4.69) is 41.4 Å². The second kappa shape index (κ2) is 6.51. The number of fused-ring (bicyclic) bond motifs is 2. The molecule has 1 saturated carbocycles. The predicted octanol–water partition coefficient (Wildman–Crippen LogP) is 3.27. The normalized spacial score (nSPS) is 31.9. The van der Waals surface area contributed by atoms with Crippen molar-refractivity contribution in [3.8, 4) is 0 Å². The molecular weight excluding hydrogens is 296 g/mol. The van der Waals surface area contributed by atoms with E-state index in [1.807, 2.05) is 0 Å². The number of nitrogens with one attached hydrogen (secondary N) is 1. The van der Waals surface area contributed by atoms with Crippen LogP contribution in [-0.4, -0.2) is 36.5 Å². The van der Waals surface area contributed by atoms with E-state index in [4.69, 9.17) is 0 Å². The molecule has 3 atom stereocenters. The first kappa shape index (κ1) is 16.1. The largest absolute Gasteiger partial charge is 0.354 e. The van der Waals surface area contributed by atoms with Gasteiger partial charge < -0.3 is 5.32 Å². The van der Waals surface area contributed by atoms with Gasteiger partial charge in [0.05, 0.1) is 6.04 Å². The average Bonchev–Trinajstić information content (AvgIpc) is 3.20.